The van der Waals surface area contributed by atoms with Gasteiger partial charge in [0.25, 0.3) is 0 Å². The summed E-state index contributed by atoms with van der Waals surface area (Å²) < 4.78 is 16.4. The van der Waals surface area contributed by atoms with Crippen LogP contribution in [0.25, 0.3) is 11.1 Å². The van der Waals surface area contributed by atoms with Gasteiger partial charge in [0, 0.05) is 19.2 Å². The molecule has 0 spiro atoms. The van der Waals surface area contributed by atoms with Crippen LogP contribution >= 0.6 is 0 Å². The third-order valence-corrected chi connectivity index (χ3v) is 3.87. The number of amidine groups is 1. The summed E-state index contributed by atoms with van der Waals surface area (Å²) in [6.07, 6.45) is 0. The average Bonchev–Trinajstić information content (AvgIpc) is 3.16. The lowest BCUT2D eigenvalue weighted by molar-refractivity contribution is 0.146. The van der Waals surface area contributed by atoms with Crippen LogP contribution in [0.1, 0.15) is 5.56 Å². The van der Waals surface area contributed by atoms with Gasteiger partial charge in [0.05, 0.1) is 25.8 Å². The minimum Gasteiger partial charge on any atom is -0.496 e. The minimum atomic E-state index is 0.505. The molecule has 126 valence electrons. The number of rotatable bonds is 7. The van der Waals surface area contributed by atoms with Gasteiger partial charge < -0.3 is 19.5 Å². The van der Waals surface area contributed by atoms with E-state index in [-0.39, 0.29) is 0 Å². The van der Waals surface area contributed by atoms with Crippen LogP contribution in [0, 0.1) is 0 Å². The van der Waals surface area contributed by atoms with Crippen molar-refractivity contribution in [2.45, 2.75) is 0 Å². The van der Waals surface area contributed by atoms with Gasteiger partial charge in [0.2, 0.25) is 0 Å². The molecule has 2 aromatic rings. The highest BCUT2D eigenvalue weighted by atomic mass is 16.5. The van der Waals surface area contributed by atoms with Crippen LogP contribution in [-0.2, 0) is 4.74 Å². The fraction of sp³-hybridized carbons (Fsp3) is 0.316. The monoisotopic (exact) mass is 326 g/mol. The Hall–Kier alpha value is -2.53. The van der Waals surface area contributed by atoms with Crippen LogP contribution in [0.5, 0.6) is 11.5 Å². The van der Waals surface area contributed by atoms with Crippen LogP contribution in [0.15, 0.2) is 47.5 Å². The number of nitrogens with one attached hydrogen (secondary N) is 1. The van der Waals surface area contributed by atoms with E-state index in [1.165, 1.54) is 0 Å². The van der Waals surface area contributed by atoms with Crippen molar-refractivity contribution in [2.24, 2.45) is 4.99 Å². The Labute approximate surface area is 142 Å². The second-order valence-corrected chi connectivity index (χ2v) is 5.41. The lowest BCUT2D eigenvalue weighted by atomic mass is 10.0. The second kappa shape index (κ2) is 7.84. The van der Waals surface area contributed by atoms with Crippen LogP contribution in [0.2, 0.25) is 0 Å². The molecule has 0 bridgehead atoms. The molecule has 1 N–H and O–H groups in total. The molecular formula is C19H22N2O3. The van der Waals surface area contributed by atoms with E-state index < -0.39 is 0 Å². The first-order valence-corrected chi connectivity index (χ1v) is 8.01. The molecule has 1 heterocycles. The molecule has 0 amide bonds. The number of methoxy groups -OCH3 is 2. The van der Waals surface area contributed by atoms with Crippen LogP contribution in [0.4, 0.5) is 0 Å². The smallest absolute Gasteiger partial charge is 0.132 e. The quantitative estimate of drug-likeness (QED) is 0.795. The molecule has 0 saturated carbocycles. The Kier molecular flexibility index (Phi) is 5.33. The molecule has 0 aliphatic carbocycles. The van der Waals surface area contributed by atoms with E-state index in [1.54, 1.807) is 14.2 Å². The summed E-state index contributed by atoms with van der Waals surface area (Å²) in [5, 5.41) is 3.32. The van der Waals surface area contributed by atoms with E-state index in [1.807, 2.05) is 36.4 Å². The Balaban J connectivity index is 1.98. The minimum absolute atomic E-state index is 0.505. The molecule has 5 heteroatoms. The molecule has 5 nitrogen and oxygen atoms in total. The topological polar surface area (TPSA) is 52.1 Å². The summed E-state index contributed by atoms with van der Waals surface area (Å²) in [5.74, 6) is 2.52. The number of hydrogen-bond acceptors (Lipinski definition) is 5. The maximum atomic E-state index is 5.86. The van der Waals surface area contributed by atoms with Gasteiger partial charge in [-0.15, -0.1) is 0 Å². The van der Waals surface area contributed by atoms with Gasteiger partial charge in [-0.2, -0.15) is 0 Å². The zero-order valence-corrected chi connectivity index (χ0v) is 14.0. The molecule has 1 aliphatic heterocycles. The van der Waals surface area contributed by atoms with Crippen molar-refractivity contribution < 1.29 is 14.2 Å². The van der Waals surface area contributed by atoms with Crippen LogP contribution < -0.4 is 14.8 Å². The summed E-state index contributed by atoms with van der Waals surface area (Å²) in [7, 11) is 3.35. The number of aliphatic imine (C=N–C) groups is 1. The summed E-state index contributed by atoms with van der Waals surface area (Å²) in [6, 6.07) is 14.1. The van der Waals surface area contributed by atoms with Gasteiger partial charge in [-0.3, -0.25) is 4.99 Å². The predicted molar refractivity (Wildman–Crippen MR) is 95.2 cm³/mol. The van der Waals surface area contributed by atoms with E-state index >= 15 is 0 Å². The Morgan fingerprint density at radius 1 is 1.00 bits per heavy atom. The van der Waals surface area contributed by atoms with Gasteiger partial charge in [0.1, 0.15) is 23.9 Å². The lowest BCUT2D eigenvalue weighted by Crippen LogP contribution is -2.20. The molecule has 0 aromatic heterocycles. The largest absolute Gasteiger partial charge is 0.496 e. The number of ether oxygens (including phenoxy) is 3. The SMILES string of the molecule is COCCOc1ccc(-c2ccccc2OC)cc1C1=NCCN1. The number of para-hydroxylation sites is 1. The van der Waals surface area contributed by atoms with Crippen molar-refractivity contribution in [1.29, 1.82) is 0 Å². The van der Waals surface area contributed by atoms with Gasteiger partial charge in [-0.25, -0.2) is 0 Å². The van der Waals surface area contributed by atoms with Gasteiger partial charge >= 0.3 is 0 Å². The van der Waals surface area contributed by atoms with E-state index in [0.717, 1.165) is 47.1 Å². The number of nitrogens with zero attached hydrogens (tertiary/aromatic N) is 1. The highest BCUT2D eigenvalue weighted by molar-refractivity contribution is 6.03. The van der Waals surface area contributed by atoms with Crippen molar-refractivity contribution in [3.63, 3.8) is 0 Å². The first kappa shape index (κ1) is 16.3. The van der Waals surface area contributed by atoms with Crippen molar-refractivity contribution in [2.75, 3.05) is 40.5 Å². The Morgan fingerprint density at radius 3 is 2.62 bits per heavy atom. The van der Waals surface area contributed by atoms with E-state index in [4.69, 9.17) is 14.2 Å². The number of hydrogen-bond donors (Lipinski definition) is 1. The highest BCUT2D eigenvalue weighted by Gasteiger charge is 2.16. The molecule has 0 fully saturated rings. The molecule has 2 aromatic carbocycles. The lowest BCUT2D eigenvalue weighted by Gasteiger charge is -2.15. The van der Waals surface area contributed by atoms with E-state index in [2.05, 4.69) is 16.4 Å². The van der Waals surface area contributed by atoms with Gasteiger partial charge in [0.15, 0.2) is 0 Å². The van der Waals surface area contributed by atoms with Crippen molar-refractivity contribution in [1.82, 2.24) is 5.32 Å². The first-order chi connectivity index (χ1) is 11.8. The summed E-state index contributed by atoms with van der Waals surface area (Å²) in [6.45, 7) is 2.69. The molecule has 0 unspecified atom stereocenters. The molecule has 24 heavy (non-hydrogen) atoms. The van der Waals surface area contributed by atoms with E-state index in [0.29, 0.717) is 13.2 Å². The van der Waals surface area contributed by atoms with Crippen molar-refractivity contribution in [3.8, 4) is 22.6 Å². The predicted octanol–water partition coefficient (Wildman–Crippen LogP) is 2.74. The van der Waals surface area contributed by atoms with E-state index in [9.17, 15) is 0 Å². The Morgan fingerprint density at radius 2 is 1.88 bits per heavy atom. The standard InChI is InChI=1S/C19H22N2O3/c1-22-11-12-24-18-8-7-14(13-16(18)19-20-9-10-21-19)15-5-3-4-6-17(15)23-2/h3-8,13H,9-12H2,1-2H3,(H,20,21). The summed E-state index contributed by atoms with van der Waals surface area (Å²) >= 11 is 0. The average molecular weight is 326 g/mol. The van der Waals surface area contributed by atoms with Crippen LogP contribution in [-0.4, -0.2) is 46.4 Å². The normalized spacial score (nSPS) is 13.3. The third kappa shape index (κ3) is 3.51. The first-order valence-electron chi connectivity index (χ1n) is 8.01. The maximum absolute atomic E-state index is 5.86. The van der Waals surface area contributed by atoms with Crippen LogP contribution in [0.3, 0.4) is 0 Å². The fourth-order valence-corrected chi connectivity index (χ4v) is 2.70. The molecule has 3 rings (SSSR count). The maximum Gasteiger partial charge on any atom is 0.132 e. The van der Waals surface area contributed by atoms with Crippen molar-refractivity contribution >= 4 is 5.84 Å². The molecule has 1 aliphatic rings. The van der Waals surface area contributed by atoms with Gasteiger partial charge in [-0.1, -0.05) is 24.3 Å². The van der Waals surface area contributed by atoms with Crippen molar-refractivity contribution in [3.05, 3.63) is 48.0 Å². The highest BCUT2D eigenvalue weighted by Crippen LogP contribution is 2.33. The number of benzene rings is 2. The third-order valence-electron chi connectivity index (χ3n) is 3.87. The van der Waals surface area contributed by atoms with Gasteiger partial charge in [-0.05, 0) is 23.8 Å². The second-order valence-electron chi connectivity index (χ2n) is 5.41. The molecule has 0 saturated heterocycles. The zero-order valence-electron chi connectivity index (χ0n) is 14.0. The molecule has 0 radical (unpaired) electrons. The summed E-state index contributed by atoms with van der Waals surface area (Å²) in [4.78, 5) is 4.54. The Bertz CT molecular complexity index is 728. The zero-order chi connectivity index (χ0) is 16.8. The molecule has 0 atom stereocenters. The summed E-state index contributed by atoms with van der Waals surface area (Å²) in [5.41, 5.74) is 3.08. The fourth-order valence-electron chi connectivity index (χ4n) is 2.70. The molecular weight excluding hydrogens is 304 g/mol.